The van der Waals surface area contributed by atoms with E-state index in [1.807, 2.05) is 39.8 Å². The monoisotopic (exact) mass is 497 g/mol. The number of methoxy groups -OCH3 is 3. The highest BCUT2D eigenvalue weighted by molar-refractivity contribution is 5.98. The summed E-state index contributed by atoms with van der Waals surface area (Å²) in [6.45, 7) is 2.54. The van der Waals surface area contributed by atoms with E-state index in [9.17, 15) is 9.90 Å². The van der Waals surface area contributed by atoms with Gasteiger partial charge in [0.15, 0.2) is 11.5 Å². The van der Waals surface area contributed by atoms with Crippen molar-refractivity contribution in [2.45, 2.75) is 25.8 Å². The molecule has 0 bridgehead atoms. The number of aliphatic hydroxyl groups excluding tert-OH is 1. The third kappa shape index (κ3) is 5.19. The second-order valence-corrected chi connectivity index (χ2v) is 8.91. The van der Waals surface area contributed by atoms with Crippen LogP contribution in [0.1, 0.15) is 29.6 Å². The predicted molar refractivity (Wildman–Crippen MR) is 138 cm³/mol. The molecule has 1 saturated heterocycles. The number of fused-ring (bicyclic) bond motifs is 1. The number of amides is 1. The third-order valence-electron chi connectivity index (χ3n) is 6.57. The van der Waals surface area contributed by atoms with Crippen LogP contribution in [0.25, 0.3) is 11.0 Å². The van der Waals surface area contributed by atoms with E-state index in [2.05, 4.69) is 5.32 Å². The number of aromatic nitrogens is 2. The van der Waals surface area contributed by atoms with E-state index in [0.717, 1.165) is 30.3 Å². The number of aryl methyl sites for hydroxylation is 1. The van der Waals surface area contributed by atoms with Gasteiger partial charge in [0.1, 0.15) is 0 Å². The number of carbonyl (C=O) groups is 1. The molecule has 0 radical (unpaired) electrons. The topological polar surface area (TPSA) is 124 Å². The molecule has 1 amide bonds. The number of benzene rings is 2. The van der Waals surface area contributed by atoms with Crippen molar-refractivity contribution in [1.82, 2.24) is 14.5 Å². The molecule has 4 N–H and O–H groups in total. The van der Waals surface area contributed by atoms with Gasteiger partial charge < -0.3 is 39.8 Å². The Balaban J connectivity index is 1.69. The van der Waals surface area contributed by atoms with E-state index in [1.165, 1.54) is 0 Å². The highest BCUT2D eigenvalue weighted by Gasteiger charge is 2.25. The number of nitrogens with one attached hydrogen (secondary N) is 1. The van der Waals surface area contributed by atoms with Crippen molar-refractivity contribution in [3.63, 3.8) is 0 Å². The van der Waals surface area contributed by atoms with Crippen molar-refractivity contribution in [1.29, 1.82) is 0 Å². The van der Waals surface area contributed by atoms with Crippen molar-refractivity contribution in [3.05, 3.63) is 35.9 Å². The Hall–Kier alpha value is -3.50. The molecular formula is C26H35N5O5. The van der Waals surface area contributed by atoms with Crippen LogP contribution in [0.15, 0.2) is 30.3 Å². The number of aliphatic hydroxyl groups is 1. The highest BCUT2D eigenvalue weighted by atomic mass is 16.5. The van der Waals surface area contributed by atoms with Gasteiger partial charge in [-0.25, -0.2) is 4.98 Å². The molecule has 194 valence electrons. The van der Waals surface area contributed by atoms with E-state index >= 15 is 0 Å². The average molecular weight is 498 g/mol. The van der Waals surface area contributed by atoms with Crippen LogP contribution in [-0.4, -0.2) is 73.0 Å². The Morgan fingerprint density at radius 2 is 1.92 bits per heavy atom. The first-order chi connectivity index (χ1) is 17.5. The van der Waals surface area contributed by atoms with Crippen LogP contribution in [0.5, 0.6) is 17.2 Å². The van der Waals surface area contributed by atoms with Gasteiger partial charge in [0.2, 0.25) is 11.7 Å². The second-order valence-electron chi connectivity index (χ2n) is 8.91. The molecule has 1 aliphatic rings. The maximum absolute atomic E-state index is 13.3. The molecule has 0 spiro atoms. The standard InChI is InChI=1S/C26H35N5O5/c1-34-22-13-19(14-23(35-2)24(22)36-3)28-26-29-20-8-7-18(12-21(20)31(26)11-5-9-27)25(33)30-10-4-6-17(15-30)16-32/h7-8,12-14,17,32H,4-6,9-11,15-16,27H2,1-3H3,(H,28,29). The zero-order valence-electron chi connectivity index (χ0n) is 21.1. The Morgan fingerprint density at radius 3 is 2.56 bits per heavy atom. The van der Waals surface area contributed by atoms with Crippen LogP contribution in [-0.2, 0) is 6.54 Å². The molecule has 10 heteroatoms. The van der Waals surface area contributed by atoms with Gasteiger partial charge in [0, 0.05) is 49.6 Å². The van der Waals surface area contributed by atoms with Crippen LogP contribution in [0.3, 0.4) is 0 Å². The van der Waals surface area contributed by atoms with Gasteiger partial charge in [-0.1, -0.05) is 0 Å². The van der Waals surface area contributed by atoms with Crippen LogP contribution in [0.2, 0.25) is 0 Å². The van der Waals surface area contributed by atoms with Crippen LogP contribution in [0.4, 0.5) is 11.6 Å². The summed E-state index contributed by atoms with van der Waals surface area (Å²) in [6, 6.07) is 9.21. The maximum Gasteiger partial charge on any atom is 0.253 e. The first kappa shape index (κ1) is 25.6. The minimum atomic E-state index is -0.0271. The summed E-state index contributed by atoms with van der Waals surface area (Å²) in [7, 11) is 4.70. The summed E-state index contributed by atoms with van der Waals surface area (Å²) in [5.74, 6) is 2.29. The number of nitrogens with two attached hydrogens (primary N) is 1. The molecule has 1 fully saturated rings. The molecule has 1 aliphatic heterocycles. The quantitative estimate of drug-likeness (QED) is 0.391. The van der Waals surface area contributed by atoms with Crippen molar-refractivity contribution in [3.8, 4) is 17.2 Å². The van der Waals surface area contributed by atoms with Crippen LogP contribution in [0, 0.1) is 5.92 Å². The number of nitrogens with zero attached hydrogens (tertiary/aromatic N) is 3. The highest BCUT2D eigenvalue weighted by Crippen LogP contribution is 2.40. The molecule has 10 nitrogen and oxygen atoms in total. The molecule has 2 heterocycles. The number of anilines is 2. The van der Waals surface area contributed by atoms with Gasteiger partial charge in [0.05, 0.1) is 32.4 Å². The van der Waals surface area contributed by atoms with Crippen LogP contribution < -0.4 is 25.3 Å². The number of rotatable bonds is 10. The minimum Gasteiger partial charge on any atom is -0.493 e. The lowest BCUT2D eigenvalue weighted by Crippen LogP contribution is -2.40. The molecule has 2 aromatic carbocycles. The predicted octanol–water partition coefficient (Wildman–Crippen LogP) is 3.00. The summed E-state index contributed by atoms with van der Waals surface area (Å²) >= 11 is 0. The number of ether oxygens (including phenoxy) is 3. The van der Waals surface area contributed by atoms with E-state index in [0.29, 0.717) is 60.6 Å². The van der Waals surface area contributed by atoms with E-state index in [1.54, 1.807) is 21.3 Å². The van der Waals surface area contributed by atoms with Crippen molar-refractivity contribution in [2.75, 3.05) is 52.9 Å². The first-order valence-electron chi connectivity index (χ1n) is 12.2. The molecule has 3 aromatic rings. The lowest BCUT2D eigenvalue weighted by Gasteiger charge is -2.31. The van der Waals surface area contributed by atoms with Crippen molar-refractivity contribution in [2.24, 2.45) is 11.7 Å². The number of carbonyl (C=O) groups excluding carboxylic acids is 1. The zero-order chi connectivity index (χ0) is 25.7. The van der Waals surface area contributed by atoms with Gasteiger partial charge in [0.25, 0.3) is 5.91 Å². The molecule has 0 saturated carbocycles. The summed E-state index contributed by atoms with van der Waals surface area (Å²) < 4.78 is 18.4. The summed E-state index contributed by atoms with van der Waals surface area (Å²) in [4.78, 5) is 19.9. The lowest BCUT2D eigenvalue weighted by atomic mass is 9.98. The van der Waals surface area contributed by atoms with Gasteiger partial charge in [-0.15, -0.1) is 0 Å². The molecular weight excluding hydrogens is 462 g/mol. The van der Waals surface area contributed by atoms with Gasteiger partial charge in [-0.05, 0) is 49.9 Å². The van der Waals surface area contributed by atoms with E-state index < -0.39 is 0 Å². The van der Waals surface area contributed by atoms with Gasteiger partial charge >= 0.3 is 0 Å². The third-order valence-corrected chi connectivity index (χ3v) is 6.57. The summed E-state index contributed by atoms with van der Waals surface area (Å²) in [5.41, 5.74) is 8.76. The SMILES string of the molecule is COc1cc(Nc2nc3ccc(C(=O)N4CCCC(CO)C4)cc3n2CCCN)cc(OC)c1OC. The molecule has 36 heavy (non-hydrogen) atoms. The molecule has 0 aliphatic carbocycles. The molecule has 1 unspecified atom stereocenters. The summed E-state index contributed by atoms with van der Waals surface area (Å²) in [5, 5.41) is 12.9. The smallest absolute Gasteiger partial charge is 0.253 e. The van der Waals surface area contributed by atoms with Crippen molar-refractivity contribution < 1.29 is 24.1 Å². The molecule has 1 aromatic heterocycles. The van der Waals surface area contributed by atoms with Gasteiger partial charge in [-0.3, -0.25) is 4.79 Å². The summed E-state index contributed by atoms with van der Waals surface area (Å²) in [6.07, 6.45) is 2.59. The lowest BCUT2D eigenvalue weighted by molar-refractivity contribution is 0.0621. The minimum absolute atomic E-state index is 0.0271. The Morgan fingerprint density at radius 1 is 1.17 bits per heavy atom. The zero-order valence-corrected chi connectivity index (χ0v) is 21.1. The Labute approximate surface area is 210 Å². The number of imidazole rings is 1. The Kier molecular flexibility index (Phi) is 8.17. The Bertz CT molecular complexity index is 1190. The number of piperidine rings is 1. The second kappa shape index (κ2) is 11.5. The largest absolute Gasteiger partial charge is 0.493 e. The fourth-order valence-corrected chi connectivity index (χ4v) is 4.69. The van der Waals surface area contributed by atoms with E-state index in [-0.39, 0.29) is 18.4 Å². The van der Waals surface area contributed by atoms with Crippen molar-refractivity contribution >= 4 is 28.6 Å². The first-order valence-corrected chi connectivity index (χ1v) is 12.2. The number of hydrogen-bond donors (Lipinski definition) is 3. The number of hydrogen-bond acceptors (Lipinski definition) is 8. The fourth-order valence-electron chi connectivity index (χ4n) is 4.69. The van der Waals surface area contributed by atoms with E-state index in [4.69, 9.17) is 24.9 Å². The number of likely N-dealkylation sites (tertiary alicyclic amines) is 1. The average Bonchev–Trinajstić information content (AvgIpc) is 3.26. The maximum atomic E-state index is 13.3. The molecule has 4 rings (SSSR count). The normalized spacial score (nSPS) is 15.7. The fraction of sp³-hybridized carbons (Fsp3) is 0.462. The van der Waals surface area contributed by atoms with Gasteiger partial charge in [-0.2, -0.15) is 0 Å². The van der Waals surface area contributed by atoms with Crippen LogP contribution >= 0.6 is 0 Å². The molecule has 1 atom stereocenters.